The zero-order valence-electron chi connectivity index (χ0n) is 10.1. The summed E-state index contributed by atoms with van der Waals surface area (Å²) >= 11 is 1.91. The number of anilines is 1. The van der Waals surface area contributed by atoms with E-state index in [0.29, 0.717) is 5.41 Å². The zero-order chi connectivity index (χ0) is 11.5. The van der Waals surface area contributed by atoms with Gasteiger partial charge < -0.3 is 5.73 Å². The van der Waals surface area contributed by atoms with Crippen LogP contribution in [-0.2, 0) is 0 Å². The molecule has 0 atom stereocenters. The second kappa shape index (κ2) is 4.93. The van der Waals surface area contributed by atoms with Gasteiger partial charge in [0.25, 0.3) is 0 Å². The smallest absolute Gasteiger partial charge is 0.0354 e. The lowest BCUT2D eigenvalue weighted by Crippen LogP contribution is -2.05. The first-order valence-corrected chi connectivity index (χ1v) is 6.36. The van der Waals surface area contributed by atoms with E-state index in [0.717, 1.165) is 11.4 Å². The molecule has 0 amide bonds. The van der Waals surface area contributed by atoms with E-state index in [1.807, 2.05) is 23.9 Å². The van der Waals surface area contributed by atoms with Gasteiger partial charge in [0.1, 0.15) is 0 Å². The van der Waals surface area contributed by atoms with Crippen LogP contribution >= 0.6 is 11.8 Å². The Morgan fingerprint density at radius 1 is 1.27 bits per heavy atom. The predicted octanol–water partition coefficient (Wildman–Crippen LogP) is 4.11. The molecule has 0 aromatic heterocycles. The molecular weight excluding hydrogens is 202 g/mol. The Hall–Kier alpha value is -0.630. The summed E-state index contributed by atoms with van der Waals surface area (Å²) in [5.74, 6) is 1.16. The standard InChI is InChI=1S/C13H21NS/c1-10-11(14)6-5-7-12(10)15-9-8-13(2,3)4/h5-7H,8-9,14H2,1-4H3. The number of rotatable bonds is 3. The second-order valence-electron chi connectivity index (χ2n) is 5.13. The minimum absolute atomic E-state index is 0.418. The van der Waals surface area contributed by atoms with Gasteiger partial charge in [0.2, 0.25) is 0 Å². The number of nitrogen functional groups attached to an aromatic ring is 1. The molecule has 0 fully saturated rings. The summed E-state index contributed by atoms with van der Waals surface area (Å²) in [6, 6.07) is 6.14. The van der Waals surface area contributed by atoms with E-state index in [4.69, 9.17) is 5.73 Å². The quantitative estimate of drug-likeness (QED) is 0.616. The maximum absolute atomic E-state index is 5.86. The van der Waals surface area contributed by atoms with Gasteiger partial charge in [0, 0.05) is 10.6 Å². The van der Waals surface area contributed by atoms with E-state index in [1.165, 1.54) is 16.9 Å². The fourth-order valence-corrected chi connectivity index (χ4v) is 2.70. The van der Waals surface area contributed by atoms with Crippen LogP contribution in [0.1, 0.15) is 32.8 Å². The first kappa shape index (κ1) is 12.4. The van der Waals surface area contributed by atoms with E-state index >= 15 is 0 Å². The fraction of sp³-hybridized carbons (Fsp3) is 0.538. The third-order valence-corrected chi connectivity index (χ3v) is 3.60. The molecule has 0 aliphatic heterocycles. The van der Waals surface area contributed by atoms with Crippen molar-refractivity contribution >= 4 is 17.4 Å². The van der Waals surface area contributed by atoms with Gasteiger partial charge >= 0.3 is 0 Å². The maximum atomic E-state index is 5.86. The van der Waals surface area contributed by atoms with Crippen molar-refractivity contribution < 1.29 is 0 Å². The lowest BCUT2D eigenvalue weighted by atomic mass is 9.94. The first-order chi connectivity index (χ1) is 6.90. The van der Waals surface area contributed by atoms with E-state index in [-0.39, 0.29) is 0 Å². The molecule has 2 N–H and O–H groups in total. The Morgan fingerprint density at radius 2 is 1.93 bits per heavy atom. The van der Waals surface area contributed by atoms with Crippen molar-refractivity contribution in [3.05, 3.63) is 23.8 Å². The van der Waals surface area contributed by atoms with Crippen LogP contribution in [0.25, 0.3) is 0 Å². The molecule has 0 aliphatic rings. The summed E-state index contributed by atoms with van der Waals surface area (Å²) in [5.41, 5.74) is 8.40. The van der Waals surface area contributed by atoms with Gasteiger partial charge in [-0.2, -0.15) is 0 Å². The highest BCUT2D eigenvalue weighted by molar-refractivity contribution is 7.99. The van der Waals surface area contributed by atoms with Crippen molar-refractivity contribution in [2.45, 2.75) is 39.0 Å². The third kappa shape index (κ3) is 4.17. The summed E-state index contributed by atoms with van der Waals surface area (Å²) in [5, 5.41) is 0. The van der Waals surface area contributed by atoms with E-state index in [1.54, 1.807) is 0 Å². The van der Waals surface area contributed by atoms with Crippen LogP contribution in [0, 0.1) is 12.3 Å². The Bertz CT molecular complexity index is 326. The second-order valence-corrected chi connectivity index (χ2v) is 6.27. The van der Waals surface area contributed by atoms with Crippen molar-refractivity contribution in [1.29, 1.82) is 0 Å². The van der Waals surface area contributed by atoms with Crippen LogP contribution < -0.4 is 5.73 Å². The van der Waals surface area contributed by atoms with Crippen LogP contribution in [-0.4, -0.2) is 5.75 Å². The summed E-state index contributed by atoms with van der Waals surface area (Å²) in [4.78, 5) is 1.32. The Labute approximate surface area is 97.4 Å². The first-order valence-electron chi connectivity index (χ1n) is 5.38. The highest BCUT2D eigenvalue weighted by Crippen LogP contribution is 2.29. The number of benzene rings is 1. The molecule has 0 bridgehead atoms. The van der Waals surface area contributed by atoms with Crippen LogP contribution in [0.4, 0.5) is 5.69 Å². The Morgan fingerprint density at radius 3 is 2.53 bits per heavy atom. The van der Waals surface area contributed by atoms with E-state index in [9.17, 15) is 0 Å². The molecule has 0 radical (unpaired) electrons. The predicted molar refractivity (Wildman–Crippen MR) is 70.4 cm³/mol. The summed E-state index contributed by atoms with van der Waals surface area (Å²) in [6.07, 6.45) is 1.23. The summed E-state index contributed by atoms with van der Waals surface area (Å²) < 4.78 is 0. The zero-order valence-corrected chi connectivity index (χ0v) is 10.9. The van der Waals surface area contributed by atoms with Crippen LogP contribution in [0.5, 0.6) is 0 Å². The molecule has 0 aliphatic carbocycles. The molecule has 1 aromatic carbocycles. The molecule has 0 spiro atoms. The normalized spacial score (nSPS) is 11.7. The lowest BCUT2D eigenvalue weighted by Gasteiger charge is -2.17. The van der Waals surface area contributed by atoms with Gasteiger partial charge in [-0.05, 0) is 42.2 Å². The van der Waals surface area contributed by atoms with Gasteiger partial charge in [-0.1, -0.05) is 26.8 Å². The van der Waals surface area contributed by atoms with Crippen LogP contribution in [0.3, 0.4) is 0 Å². The molecule has 84 valence electrons. The molecule has 15 heavy (non-hydrogen) atoms. The number of thioether (sulfide) groups is 1. The van der Waals surface area contributed by atoms with Crippen molar-refractivity contribution in [2.24, 2.45) is 5.41 Å². The van der Waals surface area contributed by atoms with Gasteiger partial charge in [0.15, 0.2) is 0 Å². The third-order valence-electron chi connectivity index (χ3n) is 2.44. The molecule has 0 saturated heterocycles. The largest absolute Gasteiger partial charge is 0.398 e. The average Bonchev–Trinajstić information content (AvgIpc) is 2.10. The fourth-order valence-electron chi connectivity index (χ4n) is 1.25. The number of hydrogen-bond acceptors (Lipinski definition) is 2. The van der Waals surface area contributed by atoms with Gasteiger partial charge in [-0.25, -0.2) is 0 Å². The van der Waals surface area contributed by atoms with Gasteiger partial charge in [-0.3, -0.25) is 0 Å². The average molecular weight is 223 g/mol. The highest BCUT2D eigenvalue weighted by Gasteiger charge is 2.10. The Kier molecular flexibility index (Phi) is 4.09. The topological polar surface area (TPSA) is 26.0 Å². The van der Waals surface area contributed by atoms with E-state index < -0.39 is 0 Å². The van der Waals surface area contributed by atoms with Gasteiger partial charge in [0.05, 0.1) is 0 Å². The van der Waals surface area contributed by atoms with Gasteiger partial charge in [-0.15, -0.1) is 11.8 Å². The monoisotopic (exact) mass is 223 g/mol. The molecule has 0 heterocycles. The SMILES string of the molecule is Cc1c(N)cccc1SCCC(C)(C)C. The number of nitrogens with two attached hydrogens (primary N) is 1. The molecule has 0 saturated carbocycles. The van der Waals surface area contributed by atoms with Crippen molar-refractivity contribution in [3.63, 3.8) is 0 Å². The molecular formula is C13H21NS. The molecule has 2 heteroatoms. The summed E-state index contributed by atoms with van der Waals surface area (Å²) in [7, 11) is 0. The van der Waals surface area contributed by atoms with Crippen LogP contribution in [0.2, 0.25) is 0 Å². The molecule has 0 unspecified atom stereocenters. The number of hydrogen-bond donors (Lipinski definition) is 1. The lowest BCUT2D eigenvalue weighted by molar-refractivity contribution is 0.401. The highest BCUT2D eigenvalue weighted by atomic mass is 32.2. The maximum Gasteiger partial charge on any atom is 0.0354 e. The molecule has 1 rings (SSSR count). The van der Waals surface area contributed by atoms with E-state index in [2.05, 4.69) is 33.8 Å². The van der Waals surface area contributed by atoms with Crippen molar-refractivity contribution in [1.82, 2.24) is 0 Å². The van der Waals surface area contributed by atoms with Crippen LogP contribution in [0.15, 0.2) is 23.1 Å². The minimum atomic E-state index is 0.418. The Balaban J connectivity index is 2.55. The summed E-state index contributed by atoms with van der Waals surface area (Å²) in [6.45, 7) is 8.92. The van der Waals surface area contributed by atoms with Crippen molar-refractivity contribution in [3.8, 4) is 0 Å². The van der Waals surface area contributed by atoms with Crippen molar-refractivity contribution in [2.75, 3.05) is 11.5 Å². The molecule has 1 aromatic rings. The minimum Gasteiger partial charge on any atom is -0.398 e. The molecule has 1 nitrogen and oxygen atoms in total.